The van der Waals surface area contributed by atoms with Gasteiger partial charge in [0, 0.05) is 16.7 Å². The molecule has 1 unspecified atom stereocenters. The molecule has 2 rings (SSSR count). The van der Waals surface area contributed by atoms with Crippen LogP contribution >= 0.6 is 15.9 Å². The molecule has 1 aromatic heterocycles. The van der Waals surface area contributed by atoms with Crippen LogP contribution in [0.4, 0.5) is 0 Å². The van der Waals surface area contributed by atoms with Gasteiger partial charge in [0.2, 0.25) is 0 Å². The lowest BCUT2D eigenvalue weighted by Gasteiger charge is -2.14. The molecule has 0 aliphatic carbocycles. The van der Waals surface area contributed by atoms with Crippen LogP contribution in [0.5, 0.6) is 11.5 Å². The molecule has 0 bridgehead atoms. The Morgan fingerprint density at radius 1 is 1.21 bits per heavy atom. The number of pyridine rings is 1. The molecule has 100 valence electrons. The number of rotatable bonds is 5. The molecule has 0 radical (unpaired) electrons. The first kappa shape index (κ1) is 14.0. The van der Waals surface area contributed by atoms with E-state index in [0.29, 0.717) is 6.04 Å². The first-order valence-corrected chi connectivity index (χ1v) is 7.08. The summed E-state index contributed by atoms with van der Waals surface area (Å²) in [6.45, 7) is 2.17. The van der Waals surface area contributed by atoms with Crippen molar-refractivity contribution in [3.63, 3.8) is 0 Å². The SMILES string of the molecule is CCC(NC)c1ccc(Oc2cncc(Br)c2)cc1. The van der Waals surface area contributed by atoms with Crippen molar-refractivity contribution < 1.29 is 4.74 Å². The van der Waals surface area contributed by atoms with Crippen molar-refractivity contribution in [1.29, 1.82) is 0 Å². The second-order valence-corrected chi connectivity index (χ2v) is 5.18. The van der Waals surface area contributed by atoms with E-state index < -0.39 is 0 Å². The fraction of sp³-hybridized carbons (Fsp3) is 0.267. The Morgan fingerprint density at radius 2 is 1.95 bits per heavy atom. The fourth-order valence-electron chi connectivity index (χ4n) is 1.96. The number of halogens is 1. The van der Waals surface area contributed by atoms with Crippen LogP contribution in [0, 0.1) is 0 Å². The van der Waals surface area contributed by atoms with E-state index in [4.69, 9.17) is 4.74 Å². The number of benzene rings is 1. The molecule has 0 amide bonds. The van der Waals surface area contributed by atoms with Crippen LogP contribution in [0.2, 0.25) is 0 Å². The van der Waals surface area contributed by atoms with Gasteiger partial charge in [0.05, 0.1) is 6.20 Å². The molecule has 19 heavy (non-hydrogen) atoms. The van der Waals surface area contributed by atoms with Crippen molar-refractivity contribution in [3.05, 3.63) is 52.8 Å². The van der Waals surface area contributed by atoms with Crippen LogP contribution in [0.25, 0.3) is 0 Å². The van der Waals surface area contributed by atoms with Gasteiger partial charge in [0.25, 0.3) is 0 Å². The first-order chi connectivity index (χ1) is 9.22. The molecule has 0 aliphatic heterocycles. The van der Waals surface area contributed by atoms with E-state index in [0.717, 1.165) is 22.4 Å². The smallest absolute Gasteiger partial charge is 0.146 e. The highest BCUT2D eigenvalue weighted by Crippen LogP contribution is 2.25. The Balaban J connectivity index is 2.10. The minimum Gasteiger partial charge on any atom is -0.456 e. The van der Waals surface area contributed by atoms with Crippen LogP contribution < -0.4 is 10.1 Å². The summed E-state index contributed by atoms with van der Waals surface area (Å²) in [7, 11) is 1.98. The minimum absolute atomic E-state index is 0.390. The normalized spacial score (nSPS) is 12.2. The summed E-state index contributed by atoms with van der Waals surface area (Å²) in [5.41, 5.74) is 1.27. The molecule has 1 heterocycles. The fourth-order valence-corrected chi connectivity index (χ4v) is 2.30. The number of hydrogen-bond acceptors (Lipinski definition) is 3. The van der Waals surface area contributed by atoms with E-state index in [-0.39, 0.29) is 0 Å². The van der Waals surface area contributed by atoms with Crippen molar-refractivity contribution in [1.82, 2.24) is 10.3 Å². The van der Waals surface area contributed by atoms with Crippen molar-refractivity contribution in [2.75, 3.05) is 7.05 Å². The standard InChI is InChI=1S/C15H17BrN2O/c1-3-15(17-2)11-4-6-13(7-5-11)19-14-8-12(16)9-18-10-14/h4-10,15,17H,3H2,1-2H3. The Bertz CT molecular complexity index is 524. The van der Waals surface area contributed by atoms with Gasteiger partial charge in [-0.1, -0.05) is 19.1 Å². The lowest BCUT2D eigenvalue weighted by Crippen LogP contribution is -2.14. The van der Waals surface area contributed by atoms with Gasteiger partial charge >= 0.3 is 0 Å². The maximum atomic E-state index is 5.75. The van der Waals surface area contributed by atoms with Gasteiger partial charge in [-0.05, 0) is 53.2 Å². The Hall–Kier alpha value is -1.39. The van der Waals surface area contributed by atoms with E-state index in [1.54, 1.807) is 12.4 Å². The second-order valence-electron chi connectivity index (χ2n) is 4.26. The maximum Gasteiger partial charge on any atom is 0.146 e. The van der Waals surface area contributed by atoms with Gasteiger partial charge in [0.1, 0.15) is 11.5 Å². The van der Waals surface area contributed by atoms with E-state index in [1.165, 1.54) is 5.56 Å². The molecular weight excluding hydrogens is 304 g/mol. The molecule has 0 spiro atoms. The highest BCUT2D eigenvalue weighted by atomic mass is 79.9. The molecule has 0 fully saturated rings. The van der Waals surface area contributed by atoms with E-state index in [1.807, 2.05) is 25.2 Å². The van der Waals surface area contributed by atoms with Crippen LogP contribution in [0.1, 0.15) is 24.9 Å². The van der Waals surface area contributed by atoms with Gasteiger partial charge < -0.3 is 10.1 Å². The number of ether oxygens (including phenoxy) is 1. The Kier molecular flexibility index (Phi) is 4.93. The summed E-state index contributed by atoms with van der Waals surface area (Å²) in [4.78, 5) is 4.07. The van der Waals surface area contributed by atoms with E-state index in [2.05, 4.69) is 45.3 Å². The zero-order valence-electron chi connectivity index (χ0n) is 11.1. The molecule has 2 aromatic rings. The van der Waals surface area contributed by atoms with Crippen molar-refractivity contribution >= 4 is 15.9 Å². The average Bonchev–Trinajstić information content (AvgIpc) is 2.42. The van der Waals surface area contributed by atoms with Crippen LogP contribution in [0.15, 0.2) is 47.2 Å². The molecule has 0 aliphatic rings. The molecule has 1 atom stereocenters. The predicted molar refractivity (Wildman–Crippen MR) is 80.5 cm³/mol. The zero-order chi connectivity index (χ0) is 13.7. The molecule has 3 nitrogen and oxygen atoms in total. The predicted octanol–water partition coefficient (Wildman–Crippen LogP) is 4.31. The number of aromatic nitrogens is 1. The van der Waals surface area contributed by atoms with E-state index >= 15 is 0 Å². The van der Waals surface area contributed by atoms with E-state index in [9.17, 15) is 0 Å². The number of nitrogens with one attached hydrogen (secondary N) is 1. The van der Waals surface area contributed by atoms with Crippen LogP contribution in [-0.4, -0.2) is 12.0 Å². The monoisotopic (exact) mass is 320 g/mol. The van der Waals surface area contributed by atoms with Crippen LogP contribution in [-0.2, 0) is 0 Å². The van der Waals surface area contributed by atoms with Gasteiger partial charge in [0.15, 0.2) is 0 Å². The number of nitrogens with zero attached hydrogens (tertiary/aromatic N) is 1. The van der Waals surface area contributed by atoms with Gasteiger partial charge in [-0.25, -0.2) is 0 Å². The second kappa shape index (κ2) is 6.68. The van der Waals surface area contributed by atoms with Crippen molar-refractivity contribution in [2.24, 2.45) is 0 Å². The van der Waals surface area contributed by atoms with Crippen LogP contribution in [0.3, 0.4) is 0 Å². The molecule has 1 N–H and O–H groups in total. The Labute approximate surface area is 122 Å². The molecular formula is C15H17BrN2O. The van der Waals surface area contributed by atoms with Crippen molar-refractivity contribution in [2.45, 2.75) is 19.4 Å². The molecule has 4 heteroatoms. The average molecular weight is 321 g/mol. The van der Waals surface area contributed by atoms with Gasteiger partial charge in [-0.3, -0.25) is 4.98 Å². The molecule has 0 saturated heterocycles. The third kappa shape index (κ3) is 3.78. The summed E-state index contributed by atoms with van der Waals surface area (Å²) in [6.07, 6.45) is 4.49. The summed E-state index contributed by atoms with van der Waals surface area (Å²) >= 11 is 3.37. The minimum atomic E-state index is 0.390. The Morgan fingerprint density at radius 3 is 2.53 bits per heavy atom. The zero-order valence-corrected chi connectivity index (χ0v) is 12.6. The summed E-state index contributed by atoms with van der Waals surface area (Å²) in [6, 6.07) is 10.4. The summed E-state index contributed by atoms with van der Waals surface area (Å²) in [5, 5.41) is 3.29. The third-order valence-corrected chi connectivity index (χ3v) is 3.39. The quantitative estimate of drug-likeness (QED) is 0.891. The molecule has 0 saturated carbocycles. The third-order valence-electron chi connectivity index (χ3n) is 2.95. The molecule has 1 aromatic carbocycles. The lowest BCUT2D eigenvalue weighted by atomic mass is 10.0. The topological polar surface area (TPSA) is 34.1 Å². The summed E-state index contributed by atoms with van der Waals surface area (Å²) < 4.78 is 6.65. The van der Waals surface area contributed by atoms with Gasteiger partial charge in [-0.15, -0.1) is 0 Å². The van der Waals surface area contributed by atoms with Crippen molar-refractivity contribution in [3.8, 4) is 11.5 Å². The number of hydrogen-bond donors (Lipinski definition) is 1. The lowest BCUT2D eigenvalue weighted by molar-refractivity contribution is 0.479. The van der Waals surface area contributed by atoms with Gasteiger partial charge in [-0.2, -0.15) is 0 Å². The first-order valence-electron chi connectivity index (χ1n) is 6.28. The maximum absolute atomic E-state index is 5.75. The largest absolute Gasteiger partial charge is 0.456 e. The highest BCUT2D eigenvalue weighted by molar-refractivity contribution is 9.10. The summed E-state index contributed by atoms with van der Waals surface area (Å²) in [5.74, 6) is 1.54. The highest BCUT2D eigenvalue weighted by Gasteiger charge is 2.06.